The Morgan fingerprint density at radius 1 is 0.256 bits per heavy atom. The van der Waals surface area contributed by atoms with Gasteiger partial charge in [-0.3, -0.25) is 14.4 Å². The molecule has 6 heteroatoms. The molecule has 0 aliphatic rings. The lowest BCUT2D eigenvalue weighted by Crippen LogP contribution is -2.30. The van der Waals surface area contributed by atoms with Crippen LogP contribution in [0.5, 0.6) is 0 Å². The highest BCUT2D eigenvalue weighted by Crippen LogP contribution is 2.16. The molecule has 0 aromatic heterocycles. The molecule has 0 aliphatic carbocycles. The maximum absolute atomic E-state index is 13.0. The molecule has 0 bridgehead atoms. The molecular weight excluding hydrogens is 1010 g/mol. The number of hydrogen-bond acceptors (Lipinski definition) is 6. The summed E-state index contributed by atoms with van der Waals surface area (Å²) in [4.78, 5) is 38.4. The minimum absolute atomic E-state index is 0.0975. The fourth-order valence-electron chi connectivity index (χ4n) is 9.06. The topological polar surface area (TPSA) is 78.9 Å². The summed E-state index contributed by atoms with van der Waals surface area (Å²) < 4.78 is 16.9. The lowest BCUT2D eigenvalue weighted by molar-refractivity contribution is -0.167. The fourth-order valence-corrected chi connectivity index (χ4v) is 9.06. The summed E-state index contributed by atoms with van der Waals surface area (Å²) in [5.41, 5.74) is 0. The van der Waals surface area contributed by atoms with Gasteiger partial charge in [0.05, 0.1) is 0 Å². The summed E-state index contributed by atoms with van der Waals surface area (Å²) in [6.45, 7) is 6.38. The molecular formula is C76H124O6. The molecule has 0 aromatic rings. The van der Waals surface area contributed by atoms with Gasteiger partial charge in [0.15, 0.2) is 6.10 Å². The third-order valence-electron chi connectivity index (χ3n) is 14.1. The van der Waals surface area contributed by atoms with Crippen LogP contribution in [0, 0.1) is 0 Å². The van der Waals surface area contributed by atoms with Crippen molar-refractivity contribution in [2.45, 2.75) is 303 Å². The molecule has 0 radical (unpaired) electrons. The van der Waals surface area contributed by atoms with Gasteiger partial charge in [-0.15, -0.1) is 0 Å². The fraction of sp³-hybridized carbons (Fsp3) is 0.645. The van der Waals surface area contributed by atoms with Crippen molar-refractivity contribution in [1.29, 1.82) is 0 Å². The van der Waals surface area contributed by atoms with Crippen molar-refractivity contribution < 1.29 is 28.6 Å². The van der Waals surface area contributed by atoms with E-state index in [-0.39, 0.29) is 31.1 Å². The lowest BCUT2D eigenvalue weighted by atomic mass is 10.0. The molecule has 0 amide bonds. The maximum atomic E-state index is 13.0. The van der Waals surface area contributed by atoms with Gasteiger partial charge in [0.2, 0.25) is 0 Å². The van der Waals surface area contributed by atoms with Crippen molar-refractivity contribution >= 4 is 17.9 Å². The van der Waals surface area contributed by atoms with E-state index < -0.39 is 6.10 Å². The van der Waals surface area contributed by atoms with Gasteiger partial charge in [-0.05, 0) is 141 Å². The summed E-state index contributed by atoms with van der Waals surface area (Å²) in [5, 5.41) is 0. The molecule has 1 atom stereocenters. The van der Waals surface area contributed by atoms with Crippen LogP contribution in [0.3, 0.4) is 0 Å². The number of ether oxygens (including phenoxy) is 3. The Hall–Kier alpha value is -4.71. The van der Waals surface area contributed by atoms with Crippen LogP contribution in [0.25, 0.3) is 0 Å². The molecule has 0 saturated carbocycles. The van der Waals surface area contributed by atoms with E-state index >= 15 is 0 Å². The van der Waals surface area contributed by atoms with E-state index in [0.29, 0.717) is 19.3 Å². The molecule has 0 fully saturated rings. The first-order chi connectivity index (χ1) is 40.5. The van der Waals surface area contributed by atoms with Crippen LogP contribution in [0.2, 0.25) is 0 Å². The number of hydrogen-bond donors (Lipinski definition) is 0. The lowest BCUT2D eigenvalue weighted by Gasteiger charge is -2.18. The second-order valence-corrected chi connectivity index (χ2v) is 22.0. The average Bonchev–Trinajstić information content (AvgIpc) is 3.47. The third-order valence-corrected chi connectivity index (χ3v) is 14.1. The van der Waals surface area contributed by atoms with E-state index in [1.807, 2.05) is 0 Å². The molecule has 0 saturated heterocycles. The van der Waals surface area contributed by atoms with Crippen LogP contribution in [0.4, 0.5) is 0 Å². The Kier molecular flexibility index (Phi) is 64.8. The molecule has 0 aromatic carbocycles. The zero-order valence-electron chi connectivity index (χ0n) is 53.2. The normalized spacial score (nSPS) is 13.1. The van der Waals surface area contributed by atoms with E-state index in [1.165, 1.54) is 109 Å². The Morgan fingerprint density at radius 2 is 0.476 bits per heavy atom. The maximum Gasteiger partial charge on any atom is 0.306 e. The second-order valence-electron chi connectivity index (χ2n) is 22.0. The number of esters is 3. The summed E-state index contributed by atoms with van der Waals surface area (Å²) in [6.07, 6.45) is 98.6. The van der Waals surface area contributed by atoms with Gasteiger partial charge in [-0.25, -0.2) is 0 Å². The number of allylic oxidation sites excluding steroid dienone is 24. The second kappa shape index (κ2) is 68.8. The molecule has 464 valence electrons. The molecule has 0 N–H and O–H groups in total. The molecule has 0 rings (SSSR count). The van der Waals surface area contributed by atoms with E-state index in [4.69, 9.17) is 14.2 Å². The van der Waals surface area contributed by atoms with Crippen molar-refractivity contribution in [3.05, 3.63) is 146 Å². The van der Waals surface area contributed by atoms with Crippen molar-refractivity contribution in [3.8, 4) is 0 Å². The molecule has 0 spiro atoms. The van der Waals surface area contributed by atoms with Gasteiger partial charge >= 0.3 is 17.9 Å². The van der Waals surface area contributed by atoms with Crippen LogP contribution in [-0.2, 0) is 28.6 Å². The molecule has 82 heavy (non-hydrogen) atoms. The SMILES string of the molecule is CC/C=C\C/C=C\C/C=C\C/C=C\C/C=C\C/C=C\C/C=C\CCCCCC(=O)OCC(COC(=O)CCCCCCC/C=C\CCCCCCC)OC(=O)CCCCCCCCCCCCCC/C=C\C/C=C\C/C=C\C/C=C\CC. The number of rotatable bonds is 60. The predicted octanol–water partition coefficient (Wildman–Crippen LogP) is 23.5. The van der Waals surface area contributed by atoms with E-state index in [9.17, 15) is 14.4 Å². The third kappa shape index (κ3) is 66.1. The van der Waals surface area contributed by atoms with Crippen LogP contribution in [0.15, 0.2) is 146 Å². The van der Waals surface area contributed by atoms with Crippen LogP contribution < -0.4 is 0 Å². The Morgan fingerprint density at radius 3 is 0.768 bits per heavy atom. The number of unbranched alkanes of at least 4 members (excludes halogenated alkanes) is 25. The van der Waals surface area contributed by atoms with Gasteiger partial charge in [0, 0.05) is 19.3 Å². The highest BCUT2D eigenvalue weighted by atomic mass is 16.6. The minimum Gasteiger partial charge on any atom is -0.462 e. The minimum atomic E-state index is -0.804. The first-order valence-corrected chi connectivity index (χ1v) is 33.8. The van der Waals surface area contributed by atoms with Crippen molar-refractivity contribution in [3.63, 3.8) is 0 Å². The zero-order valence-corrected chi connectivity index (χ0v) is 53.2. The van der Waals surface area contributed by atoms with Crippen LogP contribution >= 0.6 is 0 Å². The van der Waals surface area contributed by atoms with Gasteiger partial charge < -0.3 is 14.2 Å². The van der Waals surface area contributed by atoms with Gasteiger partial charge in [0.1, 0.15) is 13.2 Å². The Labute approximate surface area is 506 Å². The first kappa shape index (κ1) is 77.3. The van der Waals surface area contributed by atoms with E-state index in [2.05, 4.69) is 167 Å². The highest BCUT2D eigenvalue weighted by Gasteiger charge is 2.19. The van der Waals surface area contributed by atoms with E-state index in [1.54, 1.807) is 0 Å². The number of carbonyl (C=O) groups excluding carboxylic acids is 3. The average molecular weight is 1130 g/mol. The van der Waals surface area contributed by atoms with Crippen LogP contribution in [-0.4, -0.2) is 37.2 Å². The van der Waals surface area contributed by atoms with Crippen LogP contribution in [0.1, 0.15) is 297 Å². The van der Waals surface area contributed by atoms with Crippen molar-refractivity contribution in [2.24, 2.45) is 0 Å². The summed E-state index contributed by atoms with van der Waals surface area (Å²) >= 11 is 0. The molecule has 0 aliphatic heterocycles. The first-order valence-electron chi connectivity index (χ1n) is 33.8. The Bertz CT molecular complexity index is 1780. The molecule has 0 heterocycles. The zero-order chi connectivity index (χ0) is 59.2. The number of carbonyl (C=O) groups is 3. The van der Waals surface area contributed by atoms with Crippen molar-refractivity contribution in [2.75, 3.05) is 13.2 Å². The summed E-state index contributed by atoms with van der Waals surface area (Å²) in [5.74, 6) is -0.938. The smallest absolute Gasteiger partial charge is 0.306 e. The highest BCUT2D eigenvalue weighted by molar-refractivity contribution is 5.71. The largest absolute Gasteiger partial charge is 0.462 e. The van der Waals surface area contributed by atoms with E-state index in [0.717, 1.165) is 148 Å². The van der Waals surface area contributed by atoms with Gasteiger partial charge in [0.25, 0.3) is 0 Å². The Balaban J connectivity index is 4.43. The molecule has 1 unspecified atom stereocenters. The van der Waals surface area contributed by atoms with Gasteiger partial charge in [-0.2, -0.15) is 0 Å². The monoisotopic (exact) mass is 1130 g/mol. The predicted molar refractivity (Wildman–Crippen MR) is 357 cm³/mol. The van der Waals surface area contributed by atoms with Gasteiger partial charge in [-0.1, -0.05) is 282 Å². The summed E-state index contributed by atoms with van der Waals surface area (Å²) in [7, 11) is 0. The summed E-state index contributed by atoms with van der Waals surface area (Å²) in [6, 6.07) is 0. The molecule has 6 nitrogen and oxygen atoms in total. The van der Waals surface area contributed by atoms with Crippen molar-refractivity contribution in [1.82, 2.24) is 0 Å². The quantitative estimate of drug-likeness (QED) is 0.0261. The standard InChI is InChI=1S/C76H124O6/c1-4-7-10-13-16-19-22-25-28-30-32-34-36-38-40-42-44-46-48-51-54-57-60-63-66-69-75(78)81-72-73(71-80-74(77)68-65-62-59-56-53-50-27-24-21-18-15-12-9-6-3)82-76(79)70-67-64-61-58-55-52-49-47-45-43-41-39-37-35-33-31-29-26-23-20-17-14-11-8-5-2/h7-8,10-11,16-17,19-20,24-29,32-35,38,40,44,46,51,54,73H,4-6,9,12-15,18,21-23,30-31,36-37,39,41-43,45,47-50,52-53,55-72H2,1-3H3/b10-7-,11-8-,19-16-,20-17-,27-24-,28-25-,29-26-,34-32-,35-33-,40-38-,46-44-,54-51-.